The molecule has 0 aliphatic rings. The van der Waals surface area contributed by atoms with Crippen molar-refractivity contribution in [3.8, 4) is 0 Å². The van der Waals surface area contributed by atoms with E-state index in [1.165, 1.54) is 0 Å². The largest absolute Gasteiger partial charge is 0.395 e. The molecule has 3 N–H and O–H groups in total. The predicted molar refractivity (Wildman–Crippen MR) is 59.2 cm³/mol. The van der Waals surface area contributed by atoms with Crippen LogP contribution in [0, 0.1) is 0 Å². The predicted octanol–water partition coefficient (Wildman–Crippen LogP) is 1.57. The summed E-state index contributed by atoms with van der Waals surface area (Å²) in [5.74, 6) is 0. The van der Waals surface area contributed by atoms with Crippen molar-refractivity contribution in [2.24, 2.45) is 5.73 Å². The minimum absolute atomic E-state index is 0.0238. The molecule has 0 spiro atoms. The lowest BCUT2D eigenvalue weighted by molar-refractivity contribution is 0.300. The van der Waals surface area contributed by atoms with Gasteiger partial charge in [0.1, 0.15) is 0 Å². The fourth-order valence-corrected chi connectivity index (χ4v) is 1.80. The van der Waals surface area contributed by atoms with Crippen LogP contribution in [0.25, 0.3) is 0 Å². The van der Waals surface area contributed by atoms with Crippen LogP contribution in [-0.2, 0) is 0 Å². The van der Waals surface area contributed by atoms with Gasteiger partial charge < -0.3 is 10.8 Å². The average molecular weight is 212 g/mol. The van der Waals surface area contributed by atoms with E-state index in [0.29, 0.717) is 0 Å². The minimum Gasteiger partial charge on any atom is -0.395 e. The number of pyridine rings is 1. The third-order valence-electron chi connectivity index (χ3n) is 1.82. The fourth-order valence-electron chi connectivity index (χ4n) is 1.00. The summed E-state index contributed by atoms with van der Waals surface area (Å²) in [6.07, 6.45) is 1.80. The molecule has 1 aromatic rings. The van der Waals surface area contributed by atoms with E-state index in [-0.39, 0.29) is 17.9 Å². The number of nitrogens with two attached hydrogens (primary N) is 1. The van der Waals surface area contributed by atoms with Gasteiger partial charge >= 0.3 is 0 Å². The highest BCUT2D eigenvalue weighted by molar-refractivity contribution is 8.00. The molecule has 1 aromatic heterocycles. The van der Waals surface area contributed by atoms with Crippen LogP contribution in [0.3, 0.4) is 0 Å². The quantitative estimate of drug-likeness (QED) is 0.744. The average Bonchev–Trinajstić information content (AvgIpc) is 2.18. The molecule has 0 fully saturated rings. The maximum atomic E-state index is 8.88. The van der Waals surface area contributed by atoms with E-state index < -0.39 is 0 Å². The van der Waals surface area contributed by atoms with Crippen LogP contribution in [0.1, 0.15) is 25.6 Å². The van der Waals surface area contributed by atoms with Crippen molar-refractivity contribution in [1.29, 1.82) is 0 Å². The molecule has 0 radical (unpaired) electrons. The van der Waals surface area contributed by atoms with Crippen molar-refractivity contribution in [2.45, 2.75) is 30.0 Å². The van der Waals surface area contributed by atoms with Gasteiger partial charge in [-0.05, 0) is 19.1 Å². The van der Waals surface area contributed by atoms with Crippen LogP contribution in [0.5, 0.6) is 0 Å². The van der Waals surface area contributed by atoms with Gasteiger partial charge in [0.05, 0.1) is 12.3 Å². The summed E-state index contributed by atoms with van der Waals surface area (Å²) in [6, 6.07) is 3.89. The smallest absolute Gasteiger partial charge is 0.0569 e. The van der Waals surface area contributed by atoms with E-state index in [1.54, 1.807) is 18.0 Å². The van der Waals surface area contributed by atoms with Crippen LogP contribution in [0.4, 0.5) is 0 Å². The zero-order chi connectivity index (χ0) is 10.6. The molecule has 3 nitrogen and oxygen atoms in total. The summed E-state index contributed by atoms with van der Waals surface area (Å²) in [7, 11) is 0. The first-order valence-electron chi connectivity index (χ1n) is 4.62. The Balaban J connectivity index is 2.64. The van der Waals surface area contributed by atoms with E-state index >= 15 is 0 Å². The van der Waals surface area contributed by atoms with Gasteiger partial charge in [0.2, 0.25) is 0 Å². The number of nitrogens with zero attached hydrogens (tertiary/aromatic N) is 1. The number of aliphatic hydroxyl groups is 1. The number of aromatic nitrogens is 1. The number of hydrogen-bond acceptors (Lipinski definition) is 4. The first-order valence-corrected chi connectivity index (χ1v) is 5.50. The molecule has 1 rings (SSSR count). The van der Waals surface area contributed by atoms with E-state index in [2.05, 4.69) is 4.98 Å². The van der Waals surface area contributed by atoms with Gasteiger partial charge in [0, 0.05) is 22.4 Å². The Bertz CT molecular complexity index is 274. The Morgan fingerprint density at radius 3 is 2.64 bits per heavy atom. The zero-order valence-corrected chi connectivity index (χ0v) is 9.29. The lowest BCUT2D eigenvalue weighted by Crippen LogP contribution is -2.07. The lowest BCUT2D eigenvalue weighted by Gasteiger charge is -2.08. The maximum absolute atomic E-state index is 8.88. The van der Waals surface area contributed by atoms with Gasteiger partial charge in [-0.1, -0.05) is 6.92 Å². The molecule has 0 aliphatic heterocycles. The van der Waals surface area contributed by atoms with Gasteiger partial charge in [-0.2, -0.15) is 0 Å². The first-order chi connectivity index (χ1) is 6.63. The van der Waals surface area contributed by atoms with Crippen LogP contribution >= 0.6 is 11.8 Å². The van der Waals surface area contributed by atoms with Gasteiger partial charge in [-0.15, -0.1) is 11.8 Å². The molecule has 0 saturated carbocycles. The van der Waals surface area contributed by atoms with Crippen molar-refractivity contribution in [2.75, 3.05) is 6.61 Å². The molecule has 1 unspecified atom stereocenters. The highest BCUT2D eigenvalue weighted by Crippen LogP contribution is 2.22. The summed E-state index contributed by atoms with van der Waals surface area (Å²) < 4.78 is 0. The summed E-state index contributed by atoms with van der Waals surface area (Å²) in [5.41, 5.74) is 6.58. The van der Waals surface area contributed by atoms with Crippen molar-refractivity contribution in [3.63, 3.8) is 0 Å². The minimum atomic E-state index is -0.0238. The Labute approximate surface area is 88.7 Å². The second-order valence-corrected chi connectivity index (χ2v) is 4.83. The van der Waals surface area contributed by atoms with Crippen molar-refractivity contribution < 1.29 is 5.11 Å². The molecule has 0 bridgehead atoms. The topological polar surface area (TPSA) is 59.1 Å². The third kappa shape index (κ3) is 3.29. The molecule has 78 valence electrons. The van der Waals surface area contributed by atoms with E-state index in [1.807, 2.05) is 26.0 Å². The highest BCUT2D eigenvalue weighted by Gasteiger charge is 2.04. The van der Waals surface area contributed by atoms with E-state index in [0.717, 1.165) is 10.6 Å². The second kappa shape index (κ2) is 5.34. The van der Waals surface area contributed by atoms with Crippen LogP contribution in [0.2, 0.25) is 0 Å². The molecule has 14 heavy (non-hydrogen) atoms. The molecular formula is C10H16N2OS. The van der Waals surface area contributed by atoms with Crippen LogP contribution in [-0.4, -0.2) is 21.9 Å². The summed E-state index contributed by atoms with van der Waals surface area (Å²) in [6.45, 7) is 4.06. The Hall–Kier alpha value is -0.580. The standard InChI is InChI=1S/C10H16N2OS/c1-7(6-13)14-9-3-4-10(8(2)11)12-5-9/h3-5,7-8,13H,6,11H2,1-2H3/t7?,8-/m0/s1. The van der Waals surface area contributed by atoms with Crippen molar-refractivity contribution in [3.05, 3.63) is 24.0 Å². The molecule has 0 amide bonds. The molecule has 0 saturated heterocycles. The van der Waals surface area contributed by atoms with Gasteiger partial charge in [-0.3, -0.25) is 4.98 Å². The number of thioether (sulfide) groups is 1. The second-order valence-electron chi connectivity index (χ2n) is 3.32. The Kier molecular flexibility index (Phi) is 4.38. The van der Waals surface area contributed by atoms with Crippen molar-refractivity contribution >= 4 is 11.8 Å². The van der Waals surface area contributed by atoms with Crippen LogP contribution in [0.15, 0.2) is 23.2 Å². The highest BCUT2D eigenvalue weighted by atomic mass is 32.2. The zero-order valence-electron chi connectivity index (χ0n) is 8.47. The first kappa shape index (κ1) is 11.5. The maximum Gasteiger partial charge on any atom is 0.0569 e. The molecule has 0 aromatic carbocycles. The van der Waals surface area contributed by atoms with Gasteiger partial charge in [-0.25, -0.2) is 0 Å². The van der Waals surface area contributed by atoms with Crippen molar-refractivity contribution in [1.82, 2.24) is 4.98 Å². The summed E-state index contributed by atoms with van der Waals surface area (Å²) in [4.78, 5) is 5.30. The summed E-state index contributed by atoms with van der Waals surface area (Å²) in [5, 5.41) is 9.08. The van der Waals surface area contributed by atoms with E-state index in [4.69, 9.17) is 10.8 Å². The molecule has 2 atom stereocenters. The van der Waals surface area contributed by atoms with Crippen LogP contribution < -0.4 is 5.73 Å². The molecule has 0 aliphatic carbocycles. The Morgan fingerprint density at radius 1 is 1.50 bits per heavy atom. The lowest BCUT2D eigenvalue weighted by atomic mass is 10.2. The Morgan fingerprint density at radius 2 is 2.21 bits per heavy atom. The normalized spacial score (nSPS) is 15.1. The summed E-state index contributed by atoms with van der Waals surface area (Å²) >= 11 is 1.61. The van der Waals surface area contributed by atoms with E-state index in [9.17, 15) is 0 Å². The fraction of sp³-hybridized carbons (Fsp3) is 0.500. The third-order valence-corrected chi connectivity index (χ3v) is 2.89. The molecular weight excluding hydrogens is 196 g/mol. The number of aliphatic hydroxyl groups excluding tert-OH is 1. The number of hydrogen-bond donors (Lipinski definition) is 2. The monoisotopic (exact) mass is 212 g/mol. The number of rotatable bonds is 4. The molecule has 4 heteroatoms. The molecule has 1 heterocycles. The van der Waals surface area contributed by atoms with Gasteiger partial charge in [0.15, 0.2) is 0 Å². The SMILES string of the molecule is CC(CO)Sc1ccc([C@H](C)N)nc1. The van der Waals surface area contributed by atoms with Gasteiger partial charge in [0.25, 0.3) is 0 Å².